The van der Waals surface area contributed by atoms with Crippen molar-refractivity contribution in [2.75, 3.05) is 10.6 Å². The fourth-order valence-corrected chi connectivity index (χ4v) is 5.12. The van der Waals surface area contributed by atoms with E-state index in [0.29, 0.717) is 17.4 Å². The normalized spacial score (nSPS) is 16.2. The lowest BCUT2D eigenvalue weighted by atomic mass is 10.1. The molecular weight excluding hydrogens is 636 g/mol. The van der Waals surface area contributed by atoms with Gasteiger partial charge in [0.1, 0.15) is 29.4 Å². The summed E-state index contributed by atoms with van der Waals surface area (Å²) in [5, 5.41) is 7.29. The van der Waals surface area contributed by atoms with Crippen LogP contribution in [-0.2, 0) is 17.1 Å². The molecule has 3 aromatic heterocycles. The van der Waals surface area contributed by atoms with Gasteiger partial charge in [0.2, 0.25) is 0 Å². The van der Waals surface area contributed by atoms with Crippen LogP contribution in [0.2, 0.25) is 5.02 Å². The highest BCUT2D eigenvalue weighted by atomic mass is 35.5. The van der Waals surface area contributed by atoms with Crippen molar-refractivity contribution in [3.63, 3.8) is 0 Å². The highest BCUT2D eigenvalue weighted by molar-refractivity contribution is 8.07. The number of hydrogen-bond donors (Lipinski definition) is 3. The summed E-state index contributed by atoms with van der Waals surface area (Å²) >= 11 is 6.65. The number of halogens is 7. The van der Waals surface area contributed by atoms with Gasteiger partial charge in [0.25, 0.3) is 11.8 Å². The van der Waals surface area contributed by atoms with Gasteiger partial charge in [0.05, 0.1) is 33.4 Å². The van der Waals surface area contributed by atoms with E-state index in [9.17, 15) is 35.9 Å². The molecule has 0 saturated carbocycles. The van der Waals surface area contributed by atoms with Crippen molar-refractivity contribution in [2.24, 2.45) is 5.92 Å². The van der Waals surface area contributed by atoms with Crippen molar-refractivity contribution in [1.82, 2.24) is 25.3 Å². The van der Waals surface area contributed by atoms with Gasteiger partial charge in [-0.25, -0.2) is 19.9 Å². The quantitative estimate of drug-likeness (QED) is 0.232. The number of alkyl halides is 6. The number of carbonyl (C=O) groups is 2. The van der Waals surface area contributed by atoms with Crippen LogP contribution in [0, 0.1) is 5.92 Å². The Bertz CT molecular complexity index is 1610. The molecule has 17 heteroatoms. The maximum absolute atomic E-state index is 13.2. The number of hydrogen-bond acceptors (Lipinski definition) is 8. The standard InChI is InChI=1S/C27H22ClF6N7O2S/c1-13-3-5-19(44-20(7-13)25(43)41-22-8-16(26(29,30)31)17(28)11-36-22)14(2)39-24(42)18-9-23(38-12-37-18)40-15-4-6-21(35-10-15)27(32,33)34/h4-14H,3H2,1-2H3,(H,39,42)(H,36,41,43)(H,37,38,40). The smallest absolute Gasteiger partial charge is 0.344 e. The lowest BCUT2D eigenvalue weighted by Gasteiger charge is -2.18. The van der Waals surface area contributed by atoms with Crippen molar-refractivity contribution in [1.29, 1.82) is 0 Å². The molecule has 1 aliphatic heterocycles. The summed E-state index contributed by atoms with van der Waals surface area (Å²) in [5.41, 5.74) is -2.06. The number of amides is 2. The van der Waals surface area contributed by atoms with E-state index in [1.807, 2.05) is 13.0 Å². The minimum atomic E-state index is -4.74. The summed E-state index contributed by atoms with van der Waals surface area (Å²) in [7, 11) is 0. The van der Waals surface area contributed by atoms with E-state index >= 15 is 0 Å². The number of anilines is 3. The molecule has 4 rings (SSSR count). The van der Waals surface area contributed by atoms with Crippen LogP contribution < -0.4 is 16.0 Å². The Hall–Kier alpha value is -4.18. The Morgan fingerprint density at radius 1 is 0.977 bits per heavy atom. The maximum atomic E-state index is 13.2. The molecule has 2 atom stereocenters. The average Bonchev–Trinajstić information content (AvgIpc) is 3.15. The van der Waals surface area contributed by atoms with E-state index in [4.69, 9.17) is 11.6 Å². The third-order valence-corrected chi connectivity index (χ3v) is 7.58. The molecule has 0 aromatic carbocycles. The highest BCUT2D eigenvalue weighted by Gasteiger charge is 2.34. The van der Waals surface area contributed by atoms with E-state index in [-0.39, 0.29) is 33.8 Å². The minimum Gasteiger partial charge on any atom is -0.344 e. The van der Waals surface area contributed by atoms with E-state index < -0.39 is 46.5 Å². The Morgan fingerprint density at radius 3 is 2.39 bits per heavy atom. The average molecular weight is 658 g/mol. The molecule has 0 bridgehead atoms. The fraction of sp³-hybridized carbons (Fsp3) is 0.259. The first-order chi connectivity index (χ1) is 20.6. The molecule has 3 N–H and O–H groups in total. The SMILES string of the molecule is CC1C=C(C(=O)Nc2cc(C(F)(F)F)c(Cl)cn2)SC(C(C)NC(=O)c2cc(Nc3ccc(C(F)(F)F)nc3)ncn2)=CC1. The van der Waals surface area contributed by atoms with Gasteiger partial charge in [-0.05, 0) is 37.5 Å². The molecule has 232 valence electrons. The van der Waals surface area contributed by atoms with Crippen LogP contribution >= 0.6 is 23.4 Å². The van der Waals surface area contributed by atoms with Crippen LogP contribution in [0.4, 0.5) is 43.7 Å². The van der Waals surface area contributed by atoms with E-state index in [2.05, 4.69) is 35.9 Å². The second-order valence-corrected chi connectivity index (χ2v) is 11.0. The van der Waals surface area contributed by atoms with Crippen LogP contribution in [-0.4, -0.2) is 37.8 Å². The summed E-state index contributed by atoms with van der Waals surface area (Å²) in [6.45, 7) is 3.52. The van der Waals surface area contributed by atoms with Gasteiger partial charge in [-0.3, -0.25) is 9.59 Å². The minimum absolute atomic E-state index is 0.0513. The molecule has 0 aliphatic carbocycles. The van der Waals surface area contributed by atoms with Crippen molar-refractivity contribution < 1.29 is 35.9 Å². The predicted molar refractivity (Wildman–Crippen MR) is 152 cm³/mol. The summed E-state index contributed by atoms with van der Waals surface area (Å²) < 4.78 is 78.0. The largest absolute Gasteiger partial charge is 0.433 e. The van der Waals surface area contributed by atoms with Crippen molar-refractivity contribution >= 4 is 52.5 Å². The Kier molecular flexibility index (Phi) is 9.83. The zero-order chi connectivity index (χ0) is 32.2. The summed E-state index contributed by atoms with van der Waals surface area (Å²) in [6.07, 6.45) is -2.44. The van der Waals surface area contributed by atoms with Gasteiger partial charge in [-0.15, -0.1) is 0 Å². The van der Waals surface area contributed by atoms with Crippen molar-refractivity contribution in [3.05, 3.63) is 86.9 Å². The predicted octanol–water partition coefficient (Wildman–Crippen LogP) is 7.00. The number of nitrogens with zero attached hydrogens (tertiary/aromatic N) is 4. The van der Waals surface area contributed by atoms with Crippen molar-refractivity contribution in [2.45, 2.75) is 38.7 Å². The molecule has 0 saturated heterocycles. The van der Waals surface area contributed by atoms with Gasteiger partial charge < -0.3 is 16.0 Å². The molecule has 0 radical (unpaired) electrons. The second kappa shape index (κ2) is 13.2. The molecule has 3 aromatic rings. The highest BCUT2D eigenvalue weighted by Crippen LogP contribution is 2.37. The van der Waals surface area contributed by atoms with E-state index in [1.165, 1.54) is 6.07 Å². The first-order valence-corrected chi connectivity index (χ1v) is 13.9. The summed E-state index contributed by atoms with van der Waals surface area (Å²) in [6, 6.07) is 3.28. The molecule has 1 aliphatic rings. The van der Waals surface area contributed by atoms with Gasteiger partial charge in [0, 0.05) is 17.2 Å². The molecule has 9 nitrogen and oxygen atoms in total. The number of carbonyl (C=O) groups excluding carboxylic acids is 2. The monoisotopic (exact) mass is 657 g/mol. The third kappa shape index (κ3) is 8.47. The summed E-state index contributed by atoms with van der Waals surface area (Å²) in [5.74, 6) is -1.62. The number of aromatic nitrogens is 4. The maximum Gasteiger partial charge on any atom is 0.433 e. The lowest BCUT2D eigenvalue weighted by Crippen LogP contribution is -2.34. The number of allylic oxidation sites excluding steroid dienone is 2. The molecular formula is C27H22ClF6N7O2S. The van der Waals surface area contributed by atoms with E-state index in [0.717, 1.165) is 42.6 Å². The number of nitrogens with one attached hydrogen (secondary N) is 3. The van der Waals surface area contributed by atoms with Gasteiger partial charge in [-0.1, -0.05) is 42.4 Å². The summed E-state index contributed by atoms with van der Waals surface area (Å²) in [4.78, 5) is 41.8. The topological polar surface area (TPSA) is 122 Å². The third-order valence-electron chi connectivity index (χ3n) is 5.98. The van der Waals surface area contributed by atoms with Crippen LogP contribution in [0.25, 0.3) is 0 Å². The first kappa shape index (κ1) is 32.7. The molecule has 0 spiro atoms. The molecule has 4 heterocycles. The molecule has 2 unspecified atom stereocenters. The number of pyridine rings is 2. The van der Waals surface area contributed by atoms with Crippen LogP contribution in [0.1, 0.15) is 42.0 Å². The Morgan fingerprint density at radius 2 is 1.73 bits per heavy atom. The van der Waals surface area contributed by atoms with Gasteiger partial charge >= 0.3 is 12.4 Å². The zero-order valence-corrected chi connectivity index (χ0v) is 24.3. The van der Waals surface area contributed by atoms with Crippen LogP contribution in [0.3, 0.4) is 0 Å². The number of thioether (sulfide) groups is 1. The number of rotatable bonds is 7. The second-order valence-electron chi connectivity index (χ2n) is 9.49. The van der Waals surface area contributed by atoms with Crippen LogP contribution in [0.5, 0.6) is 0 Å². The van der Waals surface area contributed by atoms with Crippen molar-refractivity contribution in [3.8, 4) is 0 Å². The Labute approximate surface area is 255 Å². The first-order valence-electron chi connectivity index (χ1n) is 12.7. The van der Waals surface area contributed by atoms with E-state index in [1.54, 1.807) is 13.0 Å². The molecule has 44 heavy (non-hydrogen) atoms. The van der Waals surface area contributed by atoms with Gasteiger partial charge in [-0.2, -0.15) is 26.3 Å². The van der Waals surface area contributed by atoms with Crippen LogP contribution in [0.15, 0.2) is 64.9 Å². The lowest BCUT2D eigenvalue weighted by molar-refractivity contribution is -0.141. The Balaban J connectivity index is 1.42. The fourth-order valence-electron chi connectivity index (χ4n) is 3.80. The zero-order valence-electron chi connectivity index (χ0n) is 22.7. The molecule has 0 fully saturated rings. The molecule has 2 amide bonds. The van der Waals surface area contributed by atoms with Gasteiger partial charge in [0.15, 0.2) is 0 Å².